The lowest BCUT2D eigenvalue weighted by molar-refractivity contribution is 0.509. The maximum atomic E-state index is 12.3. The highest BCUT2D eigenvalue weighted by Crippen LogP contribution is 2.16. The van der Waals surface area contributed by atoms with Crippen LogP contribution in [-0.2, 0) is 10.8 Å². The molecule has 108 valence electrons. The van der Waals surface area contributed by atoms with Crippen molar-refractivity contribution in [2.45, 2.75) is 57.9 Å². The van der Waals surface area contributed by atoms with Crippen molar-refractivity contribution in [3.63, 3.8) is 0 Å². The predicted octanol–water partition coefficient (Wildman–Crippen LogP) is 3.58. The summed E-state index contributed by atoms with van der Waals surface area (Å²) < 4.78 is 12.3. The van der Waals surface area contributed by atoms with Crippen molar-refractivity contribution >= 4 is 10.8 Å². The third-order valence-corrected chi connectivity index (χ3v) is 4.95. The van der Waals surface area contributed by atoms with Gasteiger partial charge in [-0.25, -0.2) is 0 Å². The summed E-state index contributed by atoms with van der Waals surface area (Å²) >= 11 is 0. The van der Waals surface area contributed by atoms with Crippen LogP contribution in [0.25, 0.3) is 0 Å². The lowest BCUT2D eigenvalue weighted by atomic mass is 10.1. The second-order valence-electron chi connectivity index (χ2n) is 5.27. The van der Waals surface area contributed by atoms with Gasteiger partial charge >= 0.3 is 0 Å². The highest BCUT2D eigenvalue weighted by molar-refractivity contribution is 7.85. The van der Waals surface area contributed by atoms with Crippen LogP contribution in [-0.4, -0.2) is 22.5 Å². The number of hydrogen-bond acceptors (Lipinski definition) is 2. The molecule has 0 aliphatic heterocycles. The molecule has 0 radical (unpaired) electrons. The third-order valence-electron chi connectivity index (χ3n) is 3.36. The van der Waals surface area contributed by atoms with E-state index in [0.717, 1.165) is 42.0 Å². The molecule has 1 rings (SSSR count). The van der Waals surface area contributed by atoms with Crippen molar-refractivity contribution in [2.24, 2.45) is 0 Å². The maximum Gasteiger partial charge on any atom is 0.0532 e. The van der Waals surface area contributed by atoms with Crippen molar-refractivity contribution in [3.05, 3.63) is 29.3 Å². The Balaban J connectivity index is 2.37. The van der Waals surface area contributed by atoms with Crippen LogP contribution in [0, 0.1) is 13.8 Å². The first kappa shape index (κ1) is 16.4. The Bertz CT molecular complexity index is 417. The van der Waals surface area contributed by atoms with Crippen LogP contribution >= 0.6 is 0 Å². The standard InChI is InChI=1S/C16H27NOS/c1-5-17-15(4)8-6-7-11-19(18)16-12-13(2)9-10-14(16)3/h9-10,12,15,17H,5-8,11H2,1-4H3. The molecule has 0 saturated heterocycles. The lowest BCUT2D eigenvalue weighted by Gasteiger charge is -2.12. The van der Waals surface area contributed by atoms with E-state index in [1.165, 1.54) is 5.56 Å². The highest BCUT2D eigenvalue weighted by atomic mass is 32.2. The normalized spacial score (nSPS) is 14.3. The fraction of sp³-hybridized carbons (Fsp3) is 0.625. The van der Waals surface area contributed by atoms with Crippen molar-refractivity contribution in [1.29, 1.82) is 0 Å². The van der Waals surface area contributed by atoms with E-state index in [0.29, 0.717) is 6.04 Å². The van der Waals surface area contributed by atoms with E-state index in [9.17, 15) is 4.21 Å². The first-order chi connectivity index (χ1) is 9.04. The van der Waals surface area contributed by atoms with E-state index in [1.54, 1.807) is 0 Å². The van der Waals surface area contributed by atoms with Crippen LogP contribution in [0.2, 0.25) is 0 Å². The first-order valence-electron chi connectivity index (χ1n) is 7.23. The Hall–Kier alpha value is -0.670. The van der Waals surface area contributed by atoms with Crippen molar-refractivity contribution in [3.8, 4) is 0 Å². The molecule has 1 N–H and O–H groups in total. The lowest BCUT2D eigenvalue weighted by Crippen LogP contribution is -2.25. The van der Waals surface area contributed by atoms with Gasteiger partial charge in [0.05, 0.1) is 10.8 Å². The summed E-state index contributed by atoms with van der Waals surface area (Å²) in [7, 11) is -0.844. The van der Waals surface area contributed by atoms with Crippen molar-refractivity contribution in [2.75, 3.05) is 12.3 Å². The fourth-order valence-electron chi connectivity index (χ4n) is 2.20. The van der Waals surface area contributed by atoms with Gasteiger partial charge in [-0.05, 0) is 57.4 Å². The number of benzene rings is 1. The maximum absolute atomic E-state index is 12.3. The van der Waals surface area contributed by atoms with Crippen LogP contribution in [0.15, 0.2) is 23.1 Å². The van der Waals surface area contributed by atoms with Crippen LogP contribution in [0.1, 0.15) is 44.2 Å². The summed E-state index contributed by atoms with van der Waals surface area (Å²) in [6.07, 6.45) is 3.35. The predicted molar refractivity (Wildman–Crippen MR) is 84.2 cm³/mol. The number of aryl methyl sites for hydroxylation is 2. The van der Waals surface area contributed by atoms with Gasteiger partial charge in [-0.2, -0.15) is 0 Å². The van der Waals surface area contributed by atoms with Crippen molar-refractivity contribution < 1.29 is 4.21 Å². The minimum Gasteiger partial charge on any atom is -0.315 e. The monoisotopic (exact) mass is 281 g/mol. The summed E-state index contributed by atoms with van der Waals surface area (Å²) in [5.41, 5.74) is 2.33. The van der Waals surface area contributed by atoms with Crippen LogP contribution in [0.5, 0.6) is 0 Å². The number of unbranched alkanes of at least 4 members (excludes halogenated alkanes) is 1. The largest absolute Gasteiger partial charge is 0.315 e. The summed E-state index contributed by atoms with van der Waals surface area (Å²) in [5.74, 6) is 0.781. The number of nitrogens with one attached hydrogen (secondary N) is 1. The zero-order valence-electron chi connectivity index (χ0n) is 12.7. The molecule has 1 aromatic carbocycles. The molecule has 0 heterocycles. The van der Waals surface area contributed by atoms with Gasteiger partial charge in [-0.3, -0.25) is 4.21 Å². The summed E-state index contributed by atoms with van der Waals surface area (Å²) in [6.45, 7) is 9.46. The minimum atomic E-state index is -0.844. The van der Waals surface area contributed by atoms with Crippen LogP contribution < -0.4 is 5.32 Å². The van der Waals surface area contributed by atoms with E-state index in [4.69, 9.17) is 0 Å². The van der Waals surface area contributed by atoms with E-state index in [-0.39, 0.29) is 0 Å². The molecule has 0 aromatic heterocycles. The topological polar surface area (TPSA) is 29.1 Å². The summed E-state index contributed by atoms with van der Waals surface area (Å²) in [4.78, 5) is 1.01. The average molecular weight is 281 g/mol. The van der Waals surface area contributed by atoms with Gasteiger partial charge in [0.15, 0.2) is 0 Å². The third kappa shape index (κ3) is 5.87. The van der Waals surface area contributed by atoms with Gasteiger partial charge in [0, 0.05) is 16.7 Å². The molecule has 0 spiro atoms. The zero-order chi connectivity index (χ0) is 14.3. The highest BCUT2D eigenvalue weighted by Gasteiger charge is 2.08. The van der Waals surface area contributed by atoms with Crippen molar-refractivity contribution in [1.82, 2.24) is 5.32 Å². The van der Waals surface area contributed by atoms with E-state index in [2.05, 4.69) is 44.3 Å². The Morgan fingerprint density at radius 1 is 1.26 bits per heavy atom. The number of rotatable bonds is 8. The molecule has 2 atom stereocenters. The molecule has 0 aliphatic carbocycles. The smallest absolute Gasteiger partial charge is 0.0532 e. The Morgan fingerprint density at radius 2 is 2.00 bits per heavy atom. The minimum absolute atomic E-state index is 0.569. The second kappa shape index (κ2) is 8.49. The summed E-state index contributed by atoms with van der Waals surface area (Å²) in [5, 5.41) is 3.41. The summed E-state index contributed by atoms with van der Waals surface area (Å²) in [6, 6.07) is 6.77. The van der Waals surface area contributed by atoms with Crippen LogP contribution in [0.3, 0.4) is 0 Å². The number of hydrogen-bond donors (Lipinski definition) is 1. The molecule has 2 nitrogen and oxygen atoms in total. The molecule has 0 saturated carbocycles. The SMILES string of the molecule is CCNC(C)CCCCS(=O)c1cc(C)ccc1C. The van der Waals surface area contributed by atoms with Gasteiger partial charge < -0.3 is 5.32 Å². The van der Waals surface area contributed by atoms with Gasteiger partial charge in [-0.1, -0.05) is 25.5 Å². The molecule has 1 aromatic rings. The molecular weight excluding hydrogens is 254 g/mol. The van der Waals surface area contributed by atoms with Crippen LogP contribution in [0.4, 0.5) is 0 Å². The molecule has 2 unspecified atom stereocenters. The second-order valence-corrected chi connectivity index (χ2v) is 6.81. The van der Waals surface area contributed by atoms with Gasteiger partial charge in [0.2, 0.25) is 0 Å². The first-order valence-corrected chi connectivity index (χ1v) is 8.55. The van der Waals surface area contributed by atoms with Gasteiger partial charge in [0.25, 0.3) is 0 Å². The fourth-order valence-corrected chi connectivity index (χ4v) is 3.63. The van der Waals surface area contributed by atoms with E-state index >= 15 is 0 Å². The quantitative estimate of drug-likeness (QED) is 0.738. The Labute approximate surface area is 120 Å². The Kier molecular flexibility index (Phi) is 7.32. The molecule has 0 bridgehead atoms. The Morgan fingerprint density at radius 3 is 2.68 bits per heavy atom. The molecule has 0 fully saturated rings. The van der Waals surface area contributed by atoms with E-state index in [1.807, 2.05) is 6.92 Å². The molecular formula is C16H27NOS. The van der Waals surface area contributed by atoms with E-state index < -0.39 is 10.8 Å². The molecule has 3 heteroatoms. The molecule has 0 amide bonds. The molecule has 0 aliphatic rings. The zero-order valence-corrected chi connectivity index (χ0v) is 13.5. The molecule has 19 heavy (non-hydrogen) atoms. The van der Waals surface area contributed by atoms with Gasteiger partial charge in [-0.15, -0.1) is 0 Å². The average Bonchev–Trinajstić information content (AvgIpc) is 2.37. The van der Waals surface area contributed by atoms with Gasteiger partial charge in [0.1, 0.15) is 0 Å².